The van der Waals surface area contributed by atoms with Crippen molar-refractivity contribution in [3.63, 3.8) is 0 Å². The zero-order valence-corrected chi connectivity index (χ0v) is 10.9. The van der Waals surface area contributed by atoms with Crippen molar-refractivity contribution in [3.05, 3.63) is 63.8 Å². The summed E-state index contributed by atoms with van der Waals surface area (Å²) in [5.74, 6) is 0. The first-order chi connectivity index (χ1) is 8.75. The van der Waals surface area contributed by atoms with Gasteiger partial charge in [-0.25, -0.2) is 0 Å². The van der Waals surface area contributed by atoms with Gasteiger partial charge in [-0.1, -0.05) is 41.4 Å². The van der Waals surface area contributed by atoms with Crippen molar-refractivity contribution in [2.75, 3.05) is 0 Å². The van der Waals surface area contributed by atoms with Gasteiger partial charge in [0.05, 0.1) is 5.52 Å². The van der Waals surface area contributed by atoms with Gasteiger partial charge in [-0.3, -0.25) is 5.10 Å². The summed E-state index contributed by atoms with van der Waals surface area (Å²) >= 11 is 12.4. The fraction of sp³-hybridized carbons (Fsp3) is 0.0714. The number of halogens is 2. The van der Waals surface area contributed by atoms with Crippen molar-refractivity contribution < 1.29 is 0 Å². The van der Waals surface area contributed by atoms with E-state index in [0.29, 0.717) is 16.5 Å². The Morgan fingerprint density at radius 1 is 1.06 bits per heavy atom. The van der Waals surface area contributed by atoms with Gasteiger partial charge in [0, 0.05) is 21.9 Å². The third-order valence-electron chi connectivity index (χ3n) is 2.92. The molecule has 18 heavy (non-hydrogen) atoms. The number of nitrogens with zero attached hydrogens (tertiary/aromatic N) is 1. The van der Waals surface area contributed by atoms with E-state index in [4.69, 9.17) is 23.2 Å². The summed E-state index contributed by atoms with van der Waals surface area (Å²) in [7, 11) is 0. The minimum atomic E-state index is 0.672. The Morgan fingerprint density at radius 3 is 2.56 bits per heavy atom. The molecule has 1 heterocycles. The fourth-order valence-corrected chi connectivity index (χ4v) is 2.54. The van der Waals surface area contributed by atoms with Crippen molar-refractivity contribution in [3.8, 4) is 0 Å². The van der Waals surface area contributed by atoms with Crippen LogP contribution in [0.5, 0.6) is 0 Å². The average Bonchev–Trinajstić information content (AvgIpc) is 2.83. The average molecular weight is 276 g/mol. The largest absolute Gasteiger partial charge is 0.277 e. The van der Waals surface area contributed by atoms with Gasteiger partial charge in [-0.15, -0.1) is 0 Å². The van der Waals surface area contributed by atoms with Crippen molar-refractivity contribution >= 4 is 34.1 Å². The van der Waals surface area contributed by atoms with Crippen LogP contribution in [0.15, 0.2) is 36.4 Å². The minimum Gasteiger partial charge on any atom is -0.277 e. The van der Waals surface area contributed by atoms with E-state index in [1.54, 1.807) is 0 Å². The summed E-state index contributed by atoms with van der Waals surface area (Å²) in [6.45, 7) is 0. The molecule has 0 bridgehead atoms. The van der Waals surface area contributed by atoms with Gasteiger partial charge >= 0.3 is 0 Å². The summed E-state index contributed by atoms with van der Waals surface area (Å²) in [6, 6.07) is 11.5. The lowest BCUT2D eigenvalue weighted by Gasteiger charge is -2.07. The van der Waals surface area contributed by atoms with Crippen molar-refractivity contribution in [2.24, 2.45) is 0 Å². The molecule has 3 aromatic rings. The topological polar surface area (TPSA) is 28.7 Å². The van der Waals surface area contributed by atoms with E-state index in [-0.39, 0.29) is 0 Å². The zero-order chi connectivity index (χ0) is 12.5. The van der Waals surface area contributed by atoms with Crippen molar-refractivity contribution in [2.45, 2.75) is 6.42 Å². The lowest BCUT2D eigenvalue weighted by Crippen LogP contribution is -1.91. The molecule has 0 saturated carbocycles. The Labute approximate surface area is 115 Å². The molecule has 89 valence electrons. The quantitative estimate of drug-likeness (QED) is 0.744. The maximum Gasteiger partial charge on any atom is 0.121 e. The monoisotopic (exact) mass is 275 g/mol. The van der Waals surface area contributed by atoms with Crippen LogP contribution >= 0.6 is 23.2 Å². The number of hydrogen-bond acceptors (Lipinski definition) is 1. The van der Waals surface area contributed by atoms with Gasteiger partial charge in [-0.05, 0) is 29.3 Å². The second-order valence-corrected chi connectivity index (χ2v) is 4.87. The number of rotatable bonds is 2. The van der Waals surface area contributed by atoms with Gasteiger partial charge < -0.3 is 0 Å². The predicted octanol–water partition coefficient (Wildman–Crippen LogP) is 4.26. The van der Waals surface area contributed by atoms with E-state index in [1.807, 2.05) is 36.4 Å². The summed E-state index contributed by atoms with van der Waals surface area (Å²) in [5, 5.41) is 9.18. The first kappa shape index (κ1) is 11.6. The van der Waals surface area contributed by atoms with Crippen LogP contribution in [0.1, 0.15) is 11.1 Å². The van der Waals surface area contributed by atoms with Crippen LogP contribution in [0.2, 0.25) is 10.0 Å². The number of hydrogen-bond donors (Lipinski definition) is 1. The maximum atomic E-state index is 6.19. The highest BCUT2D eigenvalue weighted by Gasteiger charge is 2.09. The Balaban J connectivity index is 2.09. The van der Waals surface area contributed by atoms with E-state index >= 15 is 0 Å². The second kappa shape index (κ2) is 4.63. The van der Waals surface area contributed by atoms with E-state index in [2.05, 4.69) is 16.4 Å². The molecule has 0 atom stereocenters. The molecule has 0 amide bonds. The summed E-state index contributed by atoms with van der Waals surface area (Å²) in [5.41, 5.74) is 3.01. The first-order valence-electron chi connectivity index (χ1n) is 5.52. The van der Waals surface area contributed by atoms with E-state index in [0.717, 1.165) is 22.0 Å². The van der Waals surface area contributed by atoms with Crippen molar-refractivity contribution in [1.82, 2.24) is 10.2 Å². The number of aromatic amines is 1. The molecule has 3 rings (SSSR count). The SMILES string of the molecule is Clc1cccc(Cl)c1Cc1cccc2[nH]n[c]c12. The Kier molecular flexibility index (Phi) is 2.98. The molecule has 0 saturated heterocycles. The number of fused-ring (bicyclic) bond motifs is 1. The molecular weight excluding hydrogens is 267 g/mol. The molecule has 0 unspecified atom stereocenters. The van der Waals surface area contributed by atoms with Crippen LogP contribution < -0.4 is 0 Å². The molecule has 0 aliphatic heterocycles. The Hall–Kier alpha value is -1.51. The molecule has 1 radical (unpaired) electrons. The van der Waals surface area contributed by atoms with E-state index in [1.165, 1.54) is 0 Å². The summed E-state index contributed by atoms with van der Waals surface area (Å²) in [4.78, 5) is 0. The highest BCUT2D eigenvalue weighted by Crippen LogP contribution is 2.28. The fourth-order valence-electron chi connectivity index (χ4n) is 2.01. The van der Waals surface area contributed by atoms with Crippen LogP contribution in [0.4, 0.5) is 0 Å². The molecule has 0 fully saturated rings. The molecule has 1 aromatic heterocycles. The summed E-state index contributed by atoms with van der Waals surface area (Å²) in [6.07, 6.45) is 3.63. The van der Waals surface area contributed by atoms with Gasteiger partial charge in [0.25, 0.3) is 0 Å². The van der Waals surface area contributed by atoms with Crippen LogP contribution in [0, 0.1) is 6.20 Å². The first-order valence-corrected chi connectivity index (χ1v) is 6.28. The minimum absolute atomic E-state index is 0.672. The van der Waals surface area contributed by atoms with Gasteiger partial charge in [-0.2, -0.15) is 5.10 Å². The molecule has 2 aromatic carbocycles. The Morgan fingerprint density at radius 2 is 1.78 bits per heavy atom. The molecular formula is C14H9Cl2N2. The van der Waals surface area contributed by atoms with Crippen LogP contribution in [0.25, 0.3) is 10.9 Å². The van der Waals surface area contributed by atoms with Crippen LogP contribution in [-0.2, 0) is 6.42 Å². The predicted molar refractivity (Wildman–Crippen MR) is 74.2 cm³/mol. The van der Waals surface area contributed by atoms with Crippen molar-refractivity contribution in [1.29, 1.82) is 0 Å². The van der Waals surface area contributed by atoms with Gasteiger partial charge in [0.2, 0.25) is 0 Å². The number of H-pyrrole nitrogens is 1. The maximum absolute atomic E-state index is 6.19. The standard InChI is InChI=1S/C14H9Cl2N2/c15-12-4-2-5-13(16)10(12)7-9-3-1-6-14-11(9)8-17-18-14/h1-6H,7H2,(H,17,18). The highest BCUT2D eigenvalue weighted by molar-refractivity contribution is 6.36. The number of nitrogens with one attached hydrogen (secondary N) is 1. The molecule has 2 nitrogen and oxygen atoms in total. The lowest BCUT2D eigenvalue weighted by molar-refractivity contribution is 1.11. The second-order valence-electron chi connectivity index (χ2n) is 4.05. The highest BCUT2D eigenvalue weighted by atomic mass is 35.5. The van der Waals surface area contributed by atoms with Crippen LogP contribution in [-0.4, -0.2) is 10.2 Å². The smallest absolute Gasteiger partial charge is 0.121 e. The summed E-state index contributed by atoms with van der Waals surface area (Å²) < 4.78 is 0. The Bertz CT molecular complexity index is 684. The number of benzene rings is 2. The molecule has 0 spiro atoms. The molecule has 1 N–H and O–H groups in total. The van der Waals surface area contributed by atoms with E-state index < -0.39 is 0 Å². The number of aromatic nitrogens is 2. The van der Waals surface area contributed by atoms with Crippen LogP contribution in [0.3, 0.4) is 0 Å². The molecule has 0 aliphatic carbocycles. The zero-order valence-electron chi connectivity index (χ0n) is 9.37. The third kappa shape index (κ3) is 1.98. The molecule has 0 aliphatic rings. The van der Waals surface area contributed by atoms with Gasteiger partial charge in [0.15, 0.2) is 0 Å². The van der Waals surface area contributed by atoms with E-state index in [9.17, 15) is 0 Å². The lowest BCUT2D eigenvalue weighted by atomic mass is 10.0. The normalized spacial score (nSPS) is 11.0. The third-order valence-corrected chi connectivity index (χ3v) is 3.63. The van der Waals surface area contributed by atoms with Gasteiger partial charge in [0.1, 0.15) is 6.20 Å². The molecule has 4 heteroatoms.